The zero-order valence-electron chi connectivity index (χ0n) is 10.4. The minimum atomic E-state index is 1.75. The number of hydrogen-bond donors (Lipinski definition) is 0. The lowest BCUT2D eigenvalue weighted by molar-refractivity contribution is 1.73. The lowest BCUT2D eigenvalue weighted by Gasteiger charge is -1.74. The predicted octanol–water partition coefficient (Wildman–Crippen LogP) is 5.09. The zero-order chi connectivity index (χ0) is 12.6. The smallest absolute Gasteiger partial charge is 0.0467 e. The van der Waals surface area contributed by atoms with Crippen LogP contribution in [0.2, 0.25) is 0 Å². The van der Waals surface area contributed by atoms with Crippen LogP contribution in [-0.4, -0.2) is 0 Å². The molecule has 0 atom stereocenters. The summed E-state index contributed by atoms with van der Waals surface area (Å²) in [4.78, 5) is 0. The summed E-state index contributed by atoms with van der Waals surface area (Å²) in [6.45, 7) is 5.58. The molecular weight excluding hydrogens is 204 g/mol. The van der Waals surface area contributed by atoms with Crippen molar-refractivity contribution in [1.82, 2.24) is 0 Å². The van der Waals surface area contributed by atoms with E-state index in [2.05, 4.69) is 6.58 Å². The SMILES string of the molecule is C=C/C=C/C=C/C=C/C=C/C=C/C=C/C=C/C. The van der Waals surface area contributed by atoms with Crippen molar-refractivity contribution in [1.29, 1.82) is 0 Å². The van der Waals surface area contributed by atoms with Crippen molar-refractivity contribution >= 4 is 0 Å². The van der Waals surface area contributed by atoms with Crippen LogP contribution < -0.4 is 0 Å². The van der Waals surface area contributed by atoms with Crippen molar-refractivity contribution in [2.75, 3.05) is 0 Å². The second kappa shape index (κ2) is 13.9. The average molecular weight is 224 g/mol. The molecule has 0 saturated heterocycles. The molecule has 0 heteroatoms. The fourth-order valence-corrected chi connectivity index (χ4v) is 0.895. The van der Waals surface area contributed by atoms with Crippen molar-refractivity contribution in [2.24, 2.45) is 0 Å². The van der Waals surface area contributed by atoms with Gasteiger partial charge in [0.1, 0.15) is 0 Å². The Hall–Kier alpha value is -2.08. The molecule has 0 heterocycles. The Bertz CT molecular complexity index is 369. The van der Waals surface area contributed by atoms with Crippen molar-refractivity contribution in [3.05, 3.63) is 97.7 Å². The molecule has 0 aliphatic rings. The first kappa shape index (κ1) is 14.9. The molecule has 0 aromatic heterocycles. The quantitative estimate of drug-likeness (QED) is 0.529. The number of rotatable bonds is 7. The molecule has 0 amide bonds. The van der Waals surface area contributed by atoms with Crippen molar-refractivity contribution in [3.8, 4) is 0 Å². The summed E-state index contributed by atoms with van der Waals surface area (Å²) in [5, 5.41) is 0. The fraction of sp³-hybridized carbons (Fsp3) is 0.0588. The van der Waals surface area contributed by atoms with Gasteiger partial charge in [-0.2, -0.15) is 0 Å². The number of allylic oxidation sites excluding steroid dienone is 15. The van der Waals surface area contributed by atoms with Gasteiger partial charge in [-0.1, -0.05) is 97.7 Å². The molecule has 0 N–H and O–H groups in total. The Labute approximate surface area is 105 Å². The Kier molecular flexibility index (Phi) is 12.2. The summed E-state index contributed by atoms with van der Waals surface area (Å²) in [5.74, 6) is 0. The molecule has 0 aliphatic heterocycles. The first-order valence-corrected chi connectivity index (χ1v) is 5.65. The van der Waals surface area contributed by atoms with Crippen LogP contribution in [0.4, 0.5) is 0 Å². The molecule has 17 heavy (non-hydrogen) atoms. The first-order valence-electron chi connectivity index (χ1n) is 5.65. The third-order valence-electron chi connectivity index (χ3n) is 1.66. The lowest BCUT2D eigenvalue weighted by Crippen LogP contribution is -1.53. The lowest BCUT2D eigenvalue weighted by atomic mass is 10.3. The highest BCUT2D eigenvalue weighted by Crippen LogP contribution is 1.85. The topological polar surface area (TPSA) is 0 Å². The average Bonchev–Trinajstić information content (AvgIpc) is 2.35. The highest BCUT2D eigenvalue weighted by molar-refractivity contribution is 5.20. The normalized spacial score (nSPS) is 13.9. The van der Waals surface area contributed by atoms with Crippen molar-refractivity contribution in [3.63, 3.8) is 0 Å². The molecule has 0 spiro atoms. The van der Waals surface area contributed by atoms with Gasteiger partial charge in [-0.05, 0) is 6.92 Å². The Morgan fingerprint density at radius 1 is 0.471 bits per heavy atom. The van der Waals surface area contributed by atoms with Crippen LogP contribution in [0.1, 0.15) is 6.92 Å². The van der Waals surface area contributed by atoms with E-state index in [1.807, 2.05) is 92.0 Å². The van der Waals surface area contributed by atoms with E-state index in [4.69, 9.17) is 0 Å². The van der Waals surface area contributed by atoms with Crippen molar-refractivity contribution < 1.29 is 0 Å². The monoisotopic (exact) mass is 224 g/mol. The molecule has 0 unspecified atom stereocenters. The van der Waals surface area contributed by atoms with Gasteiger partial charge in [0, 0.05) is 0 Å². The van der Waals surface area contributed by atoms with Gasteiger partial charge in [-0.15, -0.1) is 0 Å². The van der Waals surface area contributed by atoms with E-state index in [0.29, 0.717) is 0 Å². The molecule has 0 bridgehead atoms. The third-order valence-corrected chi connectivity index (χ3v) is 1.66. The molecule has 0 nitrogen and oxygen atoms in total. The molecule has 0 radical (unpaired) electrons. The van der Waals surface area contributed by atoms with E-state index in [9.17, 15) is 0 Å². The minimum absolute atomic E-state index is 1.75. The molecule has 88 valence electrons. The summed E-state index contributed by atoms with van der Waals surface area (Å²) in [5.41, 5.74) is 0. The molecule has 0 aromatic carbocycles. The van der Waals surface area contributed by atoms with E-state index < -0.39 is 0 Å². The Morgan fingerprint density at radius 3 is 1.06 bits per heavy atom. The highest BCUT2D eigenvalue weighted by Gasteiger charge is 1.63. The molecule has 0 rings (SSSR count). The molecule has 0 aromatic rings. The summed E-state index contributed by atoms with van der Waals surface area (Å²) in [7, 11) is 0. The van der Waals surface area contributed by atoms with E-state index in [-0.39, 0.29) is 0 Å². The predicted molar refractivity (Wildman–Crippen MR) is 79.9 cm³/mol. The maximum Gasteiger partial charge on any atom is -0.0467 e. The van der Waals surface area contributed by atoms with Gasteiger partial charge in [0.15, 0.2) is 0 Å². The molecule has 0 aliphatic carbocycles. The largest absolute Gasteiger partial charge is 0.0991 e. The van der Waals surface area contributed by atoms with Crippen LogP contribution in [0, 0.1) is 0 Å². The molecule has 0 fully saturated rings. The van der Waals surface area contributed by atoms with E-state index in [1.165, 1.54) is 0 Å². The summed E-state index contributed by atoms with van der Waals surface area (Å²) in [6.07, 6.45) is 29.4. The Balaban J connectivity index is 3.80. The summed E-state index contributed by atoms with van der Waals surface area (Å²) >= 11 is 0. The van der Waals surface area contributed by atoms with Crippen LogP contribution in [-0.2, 0) is 0 Å². The van der Waals surface area contributed by atoms with Crippen LogP contribution in [0.15, 0.2) is 97.7 Å². The fourth-order valence-electron chi connectivity index (χ4n) is 0.895. The van der Waals surface area contributed by atoms with E-state index in [0.717, 1.165) is 0 Å². The second-order valence-electron chi connectivity index (χ2n) is 3.07. The van der Waals surface area contributed by atoms with Crippen LogP contribution >= 0.6 is 0 Å². The van der Waals surface area contributed by atoms with Crippen LogP contribution in [0.5, 0.6) is 0 Å². The number of hydrogen-bond acceptors (Lipinski definition) is 0. The maximum absolute atomic E-state index is 3.59. The Morgan fingerprint density at radius 2 is 0.765 bits per heavy atom. The second-order valence-corrected chi connectivity index (χ2v) is 3.07. The van der Waals surface area contributed by atoms with E-state index >= 15 is 0 Å². The minimum Gasteiger partial charge on any atom is -0.0991 e. The first-order chi connectivity index (χ1) is 8.41. The van der Waals surface area contributed by atoms with Gasteiger partial charge in [-0.3, -0.25) is 0 Å². The van der Waals surface area contributed by atoms with Gasteiger partial charge in [0.2, 0.25) is 0 Å². The van der Waals surface area contributed by atoms with E-state index in [1.54, 1.807) is 6.08 Å². The van der Waals surface area contributed by atoms with Gasteiger partial charge in [0.05, 0.1) is 0 Å². The zero-order valence-corrected chi connectivity index (χ0v) is 10.4. The summed E-state index contributed by atoms with van der Waals surface area (Å²) < 4.78 is 0. The highest BCUT2D eigenvalue weighted by atomic mass is 13.7. The van der Waals surface area contributed by atoms with Crippen molar-refractivity contribution in [2.45, 2.75) is 6.92 Å². The van der Waals surface area contributed by atoms with Crippen LogP contribution in [0.3, 0.4) is 0 Å². The third kappa shape index (κ3) is 13.9. The van der Waals surface area contributed by atoms with Gasteiger partial charge < -0.3 is 0 Å². The van der Waals surface area contributed by atoms with Gasteiger partial charge in [0.25, 0.3) is 0 Å². The van der Waals surface area contributed by atoms with Gasteiger partial charge >= 0.3 is 0 Å². The standard InChI is InChI=1S/C17H20/c1-3-5-7-9-11-13-15-17-16-14-12-10-8-6-4-2/h3-17H,1H2,2H3/b6-4+,7-5+,10-8+,11-9+,14-12+,15-13+,17-16+. The summed E-state index contributed by atoms with van der Waals surface area (Å²) in [6, 6.07) is 0. The molecule has 0 saturated carbocycles. The van der Waals surface area contributed by atoms with Gasteiger partial charge in [-0.25, -0.2) is 0 Å². The maximum atomic E-state index is 3.59. The van der Waals surface area contributed by atoms with Crippen LogP contribution in [0.25, 0.3) is 0 Å². The molecular formula is C17H20.